The lowest BCUT2D eigenvalue weighted by Gasteiger charge is -2.16. The molecule has 0 aliphatic heterocycles. The van der Waals surface area contributed by atoms with E-state index in [0.29, 0.717) is 11.3 Å². The number of amides is 1. The minimum Gasteiger partial charge on any atom is -0.497 e. The molecule has 0 bridgehead atoms. The van der Waals surface area contributed by atoms with Gasteiger partial charge < -0.3 is 24.6 Å². The van der Waals surface area contributed by atoms with Gasteiger partial charge in [-0.05, 0) is 148 Å². The molecule has 0 unspecified atom stereocenters. The van der Waals surface area contributed by atoms with Crippen molar-refractivity contribution in [2.75, 3.05) is 18.2 Å². The van der Waals surface area contributed by atoms with Gasteiger partial charge in [0.15, 0.2) is 0 Å². The van der Waals surface area contributed by atoms with Gasteiger partial charge in [-0.15, -0.1) is 0 Å². The van der Waals surface area contributed by atoms with Gasteiger partial charge in [0.2, 0.25) is 0 Å². The van der Waals surface area contributed by atoms with Crippen molar-refractivity contribution in [3.8, 4) is 28.0 Å². The molecule has 52 heavy (non-hydrogen) atoms. The number of rotatable bonds is 5. The molecular formula is C44H42F2N2O4. The van der Waals surface area contributed by atoms with Crippen molar-refractivity contribution >= 4 is 39.2 Å². The molecule has 1 amide bonds. The summed E-state index contributed by atoms with van der Waals surface area (Å²) in [5, 5.41) is 5.04. The SMILES string of the molecule is COc1ccc(C(=O)Nc2c(C)c(C)c3oc(C)c(-c4ccc(F)cc4)c3c2C)cc1.Cc1oc2c(C)c(C)c(N)c(C)c2c1-c1ccc(F)cc1. The molecule has 0 spiro atoms. The zero-order valence-electron chi connectivity index (χ0n) is 30.9. The Hall–Kier alpha value is -5.89. The molecule has 7 rings (SSSR count). The number of aryl methyl sites for hydroxylation is 6. The molecule has 0 radical (unpaired) electrons. The van der Waals surface area contributed by atoms with E-state index >= 15 is 0 Å². The number of benzene rings is 5. The number of fused-ring (bicyclic) bond motifs is 2. The van der Waals surface area contributed by atoms with Gasteiger partial charge in [-0.3, -0.25) is 4.79 Å². The van der Waals surface area contributed by atoms with Gasteiger partial charge in [0.05, 0.1) is 7.11 Å². The first kappa shape index (κ1) is 35.9. The second-order valence-electron chi connectivity index (χ2n) is 13.2. The molecule has 0 atom stereocenters. The first-order chi connectivity index (χ1) is 24.7. The summed E-state index contributed by atoms with van der Waals surface area (Å²) >= 11 is 0. The van der Waals surface area contributed by atoms with E-state index in [-0.39, 0.29) is 17.5 Å². The number of halogens is 2. The Kier molecular flexibility index (Phi) is 9.69. The Balaban J connectivity index is 0.000000192. The predicted octanol–water partition coefficient (Wildman–Crippen LogP) is 11.8. The lowest BCUT2D eigenvalue weighted by Crippen LogP contribution is -2.14. The van der Waals surface area contributed by atoms with Gasteiger partial charge in [-0.1, -0.05) is 24.3 Å². The maximum Gasteiger partial charge on any atom is 0.255 e. The monoisotopic (exact) mass is 700 g/mol. The first-order valence-corrected chi connectivity index (χ1v) is 17.0. The molecule has 3 N–H and O–H groups in total. The average Bonchev–Trinajstić information content (AvgIpc) is 3.68. The van der Waals surface area contributed by atoms with Crippen LogP contribution in [0.1, 0.15) is 55.3 Å². The van der Waals surface area contributed by atoms with E-state index in [1.54, 1.807) is 55.6 Å². The Labute approximate surface area is 302 Å². The number of methoxy groups -OCH3 is 1. The molecule has 5 aromatic carbocycles. The Bertz CT molecular complexity index is 2470. The van der Waals surface area contributed by atoms with E-state index in [2.05, 4.69) is 5.32 Å². The largest absolute Gasteiger partial charge is 0.497 e. The van der Waals surface area contributed by atoms with Crippen LogP contribution >= 0.6 is 0 Å². The Morgan fingerprint density at radius 2 is 1.04 bits per heavy atom. The number of nitrogens with one attached hydrogen (secondary N) is 1. The quantitative estimate of drug-likeness (QED) is 0.174. The maximum absolute atomic E-state index is 13.5. The highest BCUT2D eigenvalue weighted by Crippen LogP contribution is 2.43. The number of furan rings is 2. The molecule has 0 aliphatic rings. The van der Waals surface area contributed by atoms with Crippen molar-refractivity contribution in [2.45, 2.75) is 55.4 Å². The molecular weight excluding hydrogens is 658 g/mol. The predicted molar refractivity (Wildman–Crippen MR) is 206 cm³/mol. The summed E-state index contributed by atoms with van der Waals surface area (Å²) in [7, 11) is 1.59. The third-order valence-electron chi connectivity index (χ3n) is 10.1. The molecule has 0 fully saturated rings. The fourth-order valence-electron chi connectivity index (χ4n) is 6.93. The van der Waals surface area contributed by atoms with Crippen LogP contribution in [0.4, 0.5) is 20.2 Å². The van der Waals surface area contributed by atoms with Gasteiger partial charge in [-0.2, -0.15) is 0 Å². The first-order valence-electron chi connectivity index (χ1n) is 17.0. The van der Waals surface area contributed by atoms with Crippen molar-refractivity contribution in [2.24, 2.45) is 0 Å². The number of anilines is 2. The summed E-state index contributed by atoms with van der Waals surface area (Å²) in [4.78, 5) is 12.9. The molecule has 266 valence electrons. The molecule has 0 saturated carbocycles. The molecule has 2 heterocycles. The number of nitrogen functional groups attached to an aromatic ring is 1. The summed E-state index contributed by atoms with van der Waals surface area (Å²) in [5.41, 5.74) is 19.7. The summed E-state index contributed by atoms with van der Waals surface area (Å²) in [6, 6.07) is 19.8. The second-order valence-corrected chi connectivity index (χ2v) is 13.2. The van der Waals surface area contributed by atoms with Gasteiger partial charge in [0, 0.05) is 38.8 Å². The van der Waals surface area contributed by atoms with E-state index in [1.165, 1.54) is 24.3 Å². The summed E-state index contributed by atoms with van der Waals surface area (Å²) in [6.45, 7) is 15.8. The van der Waals surface area contributed by atoms with Gasteiger partial charge in [-0.25, -0.2) is 8.78 Å². The van der Waals surface area contributed by atoms with Crippen molar-refractivity contribution in [3.63, 3.8) is 0 Å². The van der Waals surface area contributed by atoms with Crippen molar-refractivity contribution in [1.82, 2.24) is 0 Å². The topological polar surface area (TPSA) is 90.6 Å². The number of carbonyl (C=O) groups excluding carboxylic acids is 1. The fraction of sp³-hybridized carbons (Fsp3) is 0.205. The third kappa shape index (κ3) is 6.30. The van der Waals surface area contributed by atoms with Crippen LogP contribution in [0.2, 0.25) is 0 Å². The van der Waals surface area contributed by atoms with Gasteiger partial charge >= 0.3 is 0 Å². The molecule has 7 aromatic rings. The smallest absolute Gasteiger partial charge is 0.255 e. The summed E-state index contributed by atoms with van der Waals surface area (Å²) in [6.07, 6.45) is 0. The van der Waals surface area contributed by atoms with Crippen LogP contribution < -0.4 is 15.8 Å². The lowest BCUT2D eigenvalue weighted by atomic mass is 9.93. The van der Waals surface area contributed by atoms with Crippen LogP contribution in [0.15, 0.2) is 81.6 Å². The highest BCUT2D eigenvalue weighted by Gasteiger charge is 2.23. The molecule has 6 nitrogen and oxygen atoms in total. The number of nitrogens with two attached hydrogens (primary N) is 1. The Morgan fingerprint density at radius 1 is 0.596 bits per heavy atom. The lowest BCUT2D eigenvalue weighted by molar-refractivity contribution is 0.102. The van der Waals surface area contributed by atoms with Gasteiger partial charge in [0.25, 0.3) is 5.91 Å². The van der Waals surface area contributed by atoms with E-state index in [4.69, 9.17) is 19.3 Å². The van der Waals surface area contributed by atoms with E-state index < -0.39 is 0 Å². The van der Waals surface area contributed by atoms with Crippen LogP contribution in [0, 0.1) is 67.0 Å². The van der Waals surface area contributed by atoms with E-state index in [0.717, 1.165) is 100 Å². The van der Waals surface area contributed by atoms with Crippen molar-refractivity contribution < 1.29 is 27.1 Å². The standard InChI is InChI=1S/C26H24FNO3.C18H18FNO/c1-14-15(2)25-22(23(17(4)31-25)18-6-10-20(27)11-7-18)16(3)24(14)28-26(29)19-8-12-21(30-5)13-9-19;1-9-10(2)18-15(11(3)17(9)20)16(12(4)21-18)13-5-7-14(19)8-6-13/h6-13H,1-5H3,(H,28,29);5-8H,20H2,1-4H3. The molecule has 8 heteroatoms. The van der Waals surface area contributed by atoms with E-state index in [9.17, 15) is 13.6 Å². The highest BCUT2D eigenvalue weighted by atomic mass is 19.1. The minimum absolute atomic E-state index is 0.198. The van der Waals surface area contributed by atoms with E-state index in [1.807, 2.05) is 55.4 Å². The fourth-order valence-corrected chi connectivity index (χ4v) is 6.93. The van der Waals surface area contributed by atoms with Crippen molar-refractivity contribution in [1.29, 1.82) is 0 Å². The Morgan fingerprint density at radius 3 is 1.50 bits per heavy atom. The second kappa shape index (κ2) is 14.0. The minimum atomic E-state index is -0.287. The zero-order chi connectivity index (χ0) is 37.6. The van der Waals surface area contributed by atoms with Crippen LogP contribution in [0.25, 0.3) is 44.2 Å². The summed E-state index contributed by atoms with van der Waals surface area (Å²) < 4.78 is 43.9. The number of hydrogen-bond donors (Lipinski definition) is 2. The van der Waals surface area contributed by atoms with Crippen LogP contribution in [0.3, 0.4) is 0 Å². The van der Waals surface area contributed by atoms with Crippen LogP contribution in [-0.2, 0) is 0 Å². The maximum atomic E-state index is 13.5. The number of hydrogen-bond acceptors (Lipinski definition) is 5. The molecule has 0 saturated heterocycles. The summed E-state index contributed by atoms with van der Waals surface area (Å²) in [5.74, 6) is 1.55. The third-order valence-corrected chi connectivity index (χ3v) is 10.1. The molecule has 2 aromatic heterocycles. The zero-order valence-corrected chi connectivity index (χ0v) is 30.9. The molecule has 0 aliphatic carbocycles. The number of ether oxygens (including phenoxy) is 1. The normalized spacial score (nSPS) is 11.1. The van der Waals surface area contributed by atoms with Crippen molar-refractivity contribution in [3.05, 3.63) is 135 Å². The van der Waals surface area contributed by atoms with Crippen LogP contribution in [-0.4, -0.2) is 13.0 Å². The number of carbonyl (C=O) groups is 1. The highest BCUT2D eigenvalue weighted by molar-refractivity contribution is 6.09. The average molecular weight is 701 g/mol. The van der Waals surface area contributed by atoms with Gasteiger partial charge in [0.1, 0.15) is 40.1 Å². The van der Waals surface area contributed by atoms with Crippen LogP contribution in [0.5, 0.6) is 5.75 Å².